The van der Waals surface area contributed by atoms with Crippen LogP contribution in [0, 0.1) is 0 Å². The second-order valence-corrected chi connectivity index (χ2v) is 4.63. The molecule has 0 spiro atoms. The van der Waals surface area contributed by atoms with Crippen molar-refractivity contribution in [3.63, 3.8) is 0 Å². The summed E-state index contributed by atoms with van der Waals surface area (Å²) >= 11 is 0. The predicted molar refractivity (Wildman–Crippen MR) is 75.5 cm³/mol. The molecule has 3 rings (SSSR count). The van der Waals surface area contributed by atoms with E-state index in [-0.39, 0.29) is 5.56 Å². The number of H-pyrrole nitrogens is 1. The largest absolute Gasteiger partial charge is 0.319 e. The SMILES string of the molecule is CCCc1nc2ncn(Cc3ccccn3)c2c(=O)[nH]1. The van der Waals surface area contributed by atoms with E-state index in [1.807, 2.05) is 25.1 Å². The van der Waals surface area contributed by atoms with Crippen molar-refractivity contribution in [2.75, 3.05) is 0 Å². The van der Waals surface area contributed by atoms with E-state index in [2.05, 4.69) is 19.9 Å². The molecule has 0 amide bonds. The number of rotatable bonds is 4. The van der Waals surface area contributed by atoms with E-state index in [9.17, 15) is 4.79 Å². The molecule has 0 fully saturated rings. The molecule has 6 heteroatoms. The summed E-state index contributed by atoms with van der Waals surface area (Å²) in [5.74, 6) is 0.688. The lowest BCUT2D eigenvalue weighted by atomic mass is 10.3. The first-order valence-electron chi connectivity index (χ1n) is 6.62. The van der Waals surface area contributed by atoms with Crippen molar-refractivity contribution in [1.82, 2.24) is 24.5 Å². The average molecular weight is 269 g/mol. The molecule has 0 saturated heterocycles. The quantitative estimate of drug-likeness (QED) is 0.779. The average Bonchev–Trinajstić information content (AvgIpc) is 2.84. The van der Waals surface area contributed by atoms with Gasteiger partial charge in [-0.25, -0.2) is 9.97 Å². The van der Waals surface area contributed by atoms with Gasteiger partial charge in [-0.1, -0.05) is 13.0 Å². The molecule has 0 bridgehead atoms. The summed E-state index contributed by atoms with van der Waals surface area (Å²) in [6.07, 6.45) is 5.05. The molecule has 0 aliphatic heterocycles. The van der Waals surface area contributed by atoms with Crippen LogP contribution in [0.2, 0.25) is 0 Å². The fourth-order valence-electron chi connectivity index (χ4n) is 2.17. The highest BCUT2D eigenvalue weighted by Crippen LogP contribution is 2.08. The van der Waals surface area contributed by atoms with Crippen LogP contribution in [-0.4, -0.2) is 24.5 Å². The molecule has 0 aliphatic carbocycles. The number of nitrogens with one attached hydrogen (secondary N) is 1. The van der Waals surface area contributed by atoms with Crippen LogP contribution in [-0.2, 0) is 13.0 Å². The molecule has 0 radical (unpaired) electrons. The fraction of sp³-hybridized carbons (Fsp3) is 0.286. The number of nitrogens with zero attached hydrogens (tertiary/aromatic N) is 4. The summed E-state index contributed by atoms with van der Waals surface area (Å²) in [5.41, 5.74) is 1.72. The molecule has 0 saturated carbocycles. The van der Waals surface area contributed by atoms with Crippen LogP contribution in [0.3, 0.4) is 0 Å². The third-order valence-electron chi connectivity index (χ3n) is 3.08. The lowest BCUT2D eigenvalue weighted by Gasteiger charge is -2.03. The molecule has 0 aromatic carbocycles. The highest BCUT2D eigenvalue weighted by molar-refractivity contribution is 5.69. The molecule has 102 valence electrons. The molecule has 0 unspecified atom stereocenters. The van der Waals surface area contributed by atoms with Gasteiger partial charge < -0.3 is 9.55 Å². The van der Waals surface area contributed by atoms with Gasteiger partial charge in [-0.2, -0.15) is 0 Å². The predicted octanol–water partition coefficient (Wildman–Crippen LogP) is 1.52. The third-order valence-corrected chi connectivity index (χ3v) is 3.08. The minimum atomic E-state index is -0.146. The van der Waals surface area contributed by atoms with E-state index < -0.39 is 0 Å². The Kier molecular flexibility index (Phi) is 3.28. The van der Waals surface area contributed by atoms with Crippen molar-refractivity contribution < 1.29 is 0 Å². The van der Waals surface area contributed by atoms with Crippen LogP contribution in [0.15, 0.2) is 35.5 Å². The maximum Gasteiger partial charge on any atom is 0.277 e. The molecule has 3 heterocycles. The highest BCUT2D eigenvalue weighted by atomic mass is 16.1. The van der Waals surface area contributed by atoms with Crippen LogP contribution in [0.25, 0.3) is 11.2 Å². The van der Waals surface area contributed by atoms with Crippen molar-refractivity contribution in [1.29, 1.82) is 0 Å². The Balaban J connectivity index is 2.03. The number of pyridine rings is 1. The van der Waals surface area contributed by atoms with Gasteiger partial charge in [0.2, 0.25) is 0 Å². The Labute approximate surface area is 115 Å². The number of hydrogen-bond donors (Lipinski definition) is 1. The van der Waals surface area contributed by atoms with E-state index in [4.69, 9.17) is 0 Å². The van der Waals surface area contributed by atoms with Crippen LogP contribution in [0.4, 0.5) is 0 Å². The second kappa shape index (κ2) is 5.24. The van der Waals surface area contributed by atoms with Gasteiger partial charge in [0.15, 0.2) is 11.2 Å². The van der Waals surface area contributed by atoms with Gasteiger partial charge in [-0.05, 0) is 18.6 Å². The Morgan fingerprint density at radius 3 is 2.95 bits per heavy atom. The zero-order valence-corrected chi connectivity index (χ0v) is 11.2. The van der Waals surface area contributed by atoms with Gasteiger partial charge in [0.1, 0.15) is 5.82 Å². The molecule has 0 atom stereocenters. The number of hydrogen-bond acceptors (Lipinski definition) is 4. The number of fused-ring (bicyclic) bond motifs is 1. The molecule has 3 aromatic rings. The summed E-state index contributed by atoms with van der Waals surface area (Å²) in [4.78, 5) is 27.8. The summed E-state index contributed by atoms with van der Waals surface area (Å²) in [6.45, 7) is 2.55. The Bertz CT molecular complexity index is 775. The normalized spacial score (nSPS) is 11.1. The van der Waals surface area contributed by atoms with E-state index in [1.54, 1.807) is 17.1 Å². The van der Waals surface area contributed by atoms with Crippen LogP contribution >= 0.6 is 0 Å². The monoisotopic (exact) mass is 269 g/mol. The summed E-state index contributed by atoms with van der Waals surface area (Å²) in [5, 5.41) is 0. The zero-order valence-electron chi connectivity index (χ0n) is 11.2. The van der Waals surface area contributed by atoms with Gasteiger partial charge in [0.25, 0.3) is 5.56 Å². The maximum absolute atomic E-state index is 12.2. The second-order valence-electron chi connectivity index (χ2n) is 4.63. The number of aromatic nitrogens is 5. The molecular weight excluding hydrogens is 254 g/mol. The lowest BCUT2D eigenvalue weighted by molar-refractivity contribution is 0.788. The highest BCUT2D eigenvalue weighted by Gasteiger charge is 2.10. The number of aromatic amines is 1. The molecule has 20 heavy (non-hydrogen) atoms. The van der Waals surface area contributed by atoms with Crippen molar-refractivity contribution >= 4 is 11.2 Å². The molecule has 3 aromatic heterocycles. The van der Waals surface area contributed by atoms with Gasteiger partial charge in [-0.3, -0.25) is 9.78 Å². The zero-order chi connectivity index (χ0) is 13.9. The Morgan fingerprint density at radius 2 is 2.20 bits per heavy atom. The minimum absolute atomic E-state index is 0.146. The first kappa shape index (κ1) is 12.5. The lowest BCUT2D eigenvalue weighted by Crippen LogP contribution is -2.15. The minimum Gasteiger partial charge on any atom is -0.319 e. The van der Waals surface area contributed by atoms with Crippen LogP contribution < -0.4 is 5.56 Å². The van der Waals surface area contributed by atoms with Crippen LogP contribution in [0.5, 0.6) is 0 Å². The van der Waals surface area contributed by atoms with Gasteiger partial charge in [0, 0.05) is 12.6 Å². The first-order valence-corrected chi connectivity index (χ1v) is 6.62. The van der Waals surface area contributed by atoms with Crippen molar-refractivity contribution in [2.45, 2.75) is 26.3 Å². The molecule has 0 aliphatic rings. The first-order chi connectivity index (χ1) is 9.78. The van der Waals surface area contributed by atoms with Crippen molar-refractivity contribution in [2.24, 2.45) is 0 Å². The Morgan fingerprint density at radius 1 is 1.30 bits per heavy atom. The fourth-order valence-corrected chi connectivity index (χ4v) is 2.17. The van der Waals surface area contributed by atoms with Crippen molar-refractivity contribution in [3.05, 3.63) is 52.6 Å². The van der Waals surface area contributed by atoms with E-state index in [0.29, 0.717) is 23.5 Å². The number of aryl methyl sites for hydroxylation is 1. The van der Waals surface area contributed by atoms with E-state index in [1.165, 1.54) is 0 Å². The van der Waals surface area contributed by atoms with E-state index in [0.717, 1.165) is 18.5 Å². The van der Waals surface area contributed by atoms with Crippen molar-refractivity contribution in [3.8, 4) is 0 Å². The van der Waals surface area contributed by atoms with Gasteiger partial charge in [0.05, 0.1) is 18.6 Å². The molecular formula is C14H15N5O. The summed E-state index contributed by atoms with van der Waals surface area (Å²) in [7, 11) is 0. The smallest absolute Gasteiger partial charge is 0.277 e. The topological polar surface area (TPSA) is 76.5 Å². The standard InChI is InChI=1S/C14H15N5O/c1-2-5-11-17-13-12(14(20)18-11)19(9-16-13)8-10-6-3-4-7-15-10/h3-4,6-7,9H,2,5,8H2,1H3,(H,17,18,20). The summed E-state index contributed by atoms with van der Waals surface area (Å²) < 4.78 is 1.78. The maximum atomic E-state index is 12.2. The number of imidazole rings is 1. The van der Waals surface area contributed by atoms with Gasteiger partial charge in [-0.15, -0.1) is 0 Å². The molecule has 6 nitrogen and oxygen atoms in total. The van der Waals surface area contributed by atoms with Crippen LogP contribution in [0.1, 0.15) is 24.9 Å². The van der Waals surface area contributed by atoms with E-state index >= 15 is 0 Å². The third kappa shape index (κ3) is 2.32. The summed E-state index contributed by atoms with van der Waals surface area (Å²) in [6, 6.07) is 5.70. The van der Waals surface area contributed by atoms with Gasteiger partial charge >= 0.3 is 0 Å². The Hall–Kier alpha value is -2.50. The molecule has 1 N–H and O–H groups in total.